The van der Waals surface area contributed by atoms with Gasteiger partial charge in [0.05, 0.1) is 6.04 Å². The van der Waals surface area contributed by atoms with Crippen molar-refractivity contribution in [3.63, 3.8) is 0 Å². The lowest BCUT2D eigenvalue weighted by molar-refractivity contribution is 0.542. The topological polar surface area (TPSA) is 37.8 Å². The minimum absolute atomic E-state index is 0.245. The van der Waals surface area contributed by atoms with Crippen molar-refractivity contribution < 1.29 is 4.39 Å². The van der Waals surface area contributed by atoms with E-state index in [1.54, 1.807) is 30.6 Å². The van der Waals surface area contributed by atoms with Crippen molar-refractivity contribution in [1.82, 2.24) is 15.3 Å². The van der Waals surface area contributed by atoms with Gasteiger partial charge in [-0.3, -0.25) is 0 Å². The summed E-state index contributed by atoms with van der Waals surface area (Å²) in [5.74, 6) is 0.338. The van der Waals surface area contributed by atoms with Gasteiger partial charge in [0.25, 0.3) is 0 Å². The minimum Gasteiger partial charge on any atom is -0.304 e. The van der Waals surface area contributed by atoms with Gasteiger partial charge in [0.15, 0.2) is 0 Å². The fourth-order valence-electron chi connectivity index (χ4n) is 1.71. The predicted molar refractivity (Wildman–Crippen MR) is 64.0 cm³/mol. The lowest BCUT2D eigenvalue weighted by atomic mass is 10.1. The average molecular weight is 231 g/mol. The molecule has 2 aromatic rings. The van der Waals surface area contributed by atoms with Crippen molar-refractivity contribution in [1.29, 1.82) is 0 Å². The predicted octanol–water partition coefficient (Wildman–Crippen LogP) is 2.31. The van der Waals surface area contributed by atoms with E-state index < -0.39 is 0 Å². The van der Waals surface area contributed by atoms with E-state index in [4.69, 9.17) is 0 Å². The maximum Gasteiger partial charge on any atom is 0.149 e. The van der Waals surface area contributed by atoms with E-state index >= 15 is 0 Å². The van der Waals surface area contributed by atoms with Gasteiger partial charge in [-0.1, -0.05) is 25.1 Å². The third-order valence-corrected chi connectivity index (χ3v) is 2.47. The molecule has 3 nitrogen and oxygen atoms in total. The molecule has 0 saturated heterocycles. The van der Waals surface area contributed by atoms with Crippen LogP contribution < -0.4 is 5.32 Å². The van der Waals surface area contributed by atoms with Gasteiger partial charge in [-0.2, -0.15) is 0 Å². The first-order valence-corrected chi connectivity index (χ1v) is 5.57. The van der Waals surface area contributed by atoms with Crippen LogP contribution in [-0.4, -0.2) is 16.5 Å². The number of rotatable bonds is 4. The molecule has 0 bridgehead atoms. The molecule has 0 fully saturated rings. The molecule has 0 aliphatic carbocycles. The Morgan fingerprint density at radius 1 is 1.18 bits per heavy atom. The lowest BCUT2D eigenvalue weighted by Gasteiger charge is -2.17. The number of hydrogen-bond donors (Lipinski definition) is 1. The van der Waals surface area contributed by atoms with Crippen LogP contribution in [0, 0.1) is 5.82 Å². The molecule has 1 heterocycles. The molecule has 1 N–H and O–H groups in total. The highest BCUT2D eigenvalue weighted by molar-refractivity contribution is 5.26. The van der Waals surface area contributed by atoms with E-state index in [0.717, 1.165) is 6.54 Å². The Morgan fingerprint density at radius 2 is 1.88 bits per heavy atom. The standard InChI is InChI=1S/C13H14FN3/c1-2-15-12(13-16-8-5-9-17-13)10-6-3-4-7-11(10)14/h3-9,12,15H,2H2,1H3. The van der Waals surface area contributed by atoms with Gasteiger partial charge in [0.2, 0.25) is 0 Å². The summed E-state index contributed by atoms with van der Waals surface area (Å²) in [5, 5.41) is 3.19. The maximum absolute atomic E-state index is 13.8. The number of benzene rings is 1. The van der Waals surface area contributed by atoms with Gasteiger partial charge in [-0.25, -0.2) is 14.4 Å². The zero-order valence-corrected chi connectivity index (χ0v) is 9.60. The zero-order chi connectivity index (χ0) is 12.1. The highest BCUT2D eigenvalue weighted by atomic mass is 19.1. The molecule has 1 atom stereocenters. The fourth-order valence-corrected chi connectivity index (χ4v) is 1.71. The Bertz CT molecular complexity index is 473. The van der Waals surface area contributed by atoms with Crippen LogP contribution in [-0.2, 0) is 0 Å². The van der Waals surface area contributed by atoms with Crippen molar-refractivity contribution in [3.8, 4) is 0 Å². The van der Waals surface area contributed by atoms with Gasteiger partial charge in [-0.15, -0.1) is 0 Å². The molecule has 0 spiro atoms. The first kappa shape index (κ1) is 11.7. The summed E-state index contributed by atoms with van der Waals surface area (Å²) in [4.78, 5) is 8.35. The molecule has 1 aromatic carbocycles. The third kappa shape index (κ3) is 2.65. The van der Waals surface area contributed by atoms with Crippen LogP contribution in [0.25, 0.3) is 0 Å². The summed E-state index contributed by atoms with van der Waals surface area (Å²) in [5.41, 5.74) is 0.570. The number of nitrogens with one attached hydrogen (secondary N) is 1. The van der Waals surface area contributed by atoms with Crippen LogP contribution in [0.2, 0.25) is 0 Å². The van der Waals surface area contributed by atoms with E-state index in [9.17, 15) is 4.39 Å². The molecule has 1 unspecified atom stereocenters. The van der Waals surface area contributed by atoms with Crippen LogP contribution in [0.15, 0.2) is 42.7 Å². The summed E-state index contributed by atoms with van der Waals surface area (Å²) >= 11 is 0. The van der Waals surface area contributed by atoms with Gasteiger partial charge in [0.1, 0.15) is 11.6 Å². The van der Waals surface area contributed by atoms with Crippen molar-refractivity contribution in [2.75, 3.05) is 6.54 Å². The Kier molecular flexibility index (Phi) is 3.77. The van der Waals surface area contributed by atoms with Crippen LogP contribution in [0.3, 0.4) is 0 Å². The average Bonchev–Trinajstić information content (AvgIpc) is 2.38. The van der Waals surface area contributed by atoms with Crippen molar-refractivity contribution in [2.45, 2.75) is 13.0 Å². The summed E-state index contributed by atoms with van der Waals surface area (Å²) in [6, 6.07) is 8.12. The van der Waals surface area contributed by atoms with E-state index in [1.165, 1.54) is 6.07 Å². The van der Waals surface area contributed by atoms with E-state index in [-0.39, 0.29) is 11.9 Å². The van der Waals surface area contributed by atoms with Crippen molar-refractivity contribution in [3.05, 3.63) is 59.9 Å². The Balaban J connectivity index is 2.39. The van der Waals surface area contributed by atoms with Crippen molar-refractivity contribution >= 4 is 0 Å². The van der Waals surface area contributed by atoms with Crippen LogP contribution >= 0.6 is 0 Å². The molecule has 4 heteroatoms. The lowest BCUT2D eigenvalue weighted by Crippen LogP contribution is -2.24. The highest BCUT2D eigenvalue weighted by Crippen LogP contribution is 2.21. The van der Waals surface area contributed by atoms with Crippen molar-refractivity contribution in [2.24, 2.45) is 0 Å². The molecule has 0 radical (unpaired) electrons. The largest absolute Gasteiger partial charge is 0.304 e. The fraction of sp³-hybridized carbons (Fsp3) is 0.231. The first-order valence-electron chi connectivity index (χ1n) is 5.57. The van der Waals surface area contributed by atoms with Crippen LogP contribution in [0.1, 0.15) is 24.4 Å². The summed E-state index contributed by atoms with van der Waals surface area (Å²) in [6.07, 6.45) is 3.32. The third-order valence-electron chi connectivity index (χ3n) is 2.47. The Labute approximate surface area is 99.7 Å². The molecule has 0 amide bonds. The van der Waals surface area contributed by atoms with Gasteiger partial charge < -0.3 is 5.32 Å². The first-order chi connectivity index (χ1) is 8.33. The monoisotopic (exact) mass is 231 g/mol. The number of hydrogen-bond acceptors (Lipinski definition) is 3. The Morgan fingerprint density at radius 3 is 2.53 bits per heavy atom. The molecule has 0 aliphatic rings. The molecular weight excluding hydrogens is 217 g/mol. The quantitative estimate of drug-likeness (QED) is 0.877. The summed E-state index contributed by atoms with van der Waals surface area (Å²) < 4.78 is 13.8. The second-order valence-electron chi connectivity index (χ2n) is 3.62. The Hall–Kier alpha value is -1.81. The molecule has 2 rings (SSSR count). The van der Waals surface area contributed by atoms with E-state index in [1.807, 2.05) is 13.0 Å². The minimum atomic E-state index is -0.303. The normalized spacial score (nSPS) is 12.4. The van der Waals surface area contributed by atoms with Gasteiger partial charge in [-0.05, 0) is 18.7 Å². The molecule has 88 valence electrons. The summed E-state index contributed by atoms with van der Waals surface area (Å²) in [7, 11) is 0. The van der Waals surface area contributed by atoms with E-state index in [2.05, 4.69) is 15.3 Å². The maximum atomic E-state index is 13.8. The smallest absolute Gasteiger partial charge is 0.149 e. The number of halogens is 1. The molecule has 17 heavy (non-hydrogen) atoms. The molecular formula is C13H14FN3. The zero-order valence-electron chi connectivity index (χ0n) is 9.60. The van der Waals surface area contributed by atoms with Gasteiger partial charge >= 0.3 is 0 Å². The molecule has 0 aliphatic heterocycles. The highest BCUT2D eigenvalue weighted by Gasteiger charge is 2.18. The number of aromatic nitrogens is 2. The molecule has 1 aromatic heterocycles. The van der Waals surface area contributed by atoms with Crippen LogP contribution in [0.4, 0.5) is 4.39 Å². The second-order valence-corrected chi connectivity index (χ2v) is 3.62. The van der Waals surface area contributed by atoms with E-state index in [0.29, 0.717) is 11.4 Å². The number of nitrogens with zero attached hydrogens (tertiary/aromatic N) is 2. The second kappa shape index (κ2) is 5.50. The molecule has 0 saturated carbocycles. The van der Waals surface area contributed by atoms with Crippen LogP contribution in [0.5, 0.6) is 0 Å². The van der Waals surface area contributed by atoms with Gasteiger partial charge in [0, 0.05) is 18.0 Å². The summed E-state index contributed by atoms with van der Waals surface area (Å²) in [6.45, 7) is 2.69. The SMILES string of the molecule is CCNC(c1ncccn1)c1ccccc1F.